The maximum atomic E-state index is 10.7. The van der Waals surface area contributed by atoms with Gasteiger partial charge in [0.2, 0.25) is 0 Å². The smallest absolute Gasteiger partial charge is 0.303 e. The van der Waals surface area contributed by atoms with E-state index in [9.17, 15) is 4.79 Å². The Bertz CT molecular complexity index is 401. The van der Waals surface area contributed by atoms with Crippen molar-refractivity contribution in [2.45, 2.75) is 26.2 Å². The van der Waals surface area contributed by atoms with Gasteiger partial charge in [-0.2, -0.15) is 0 Å². The minimum atomic E-state index is -0.828. The van der Waals surface area contributed by atoms with Crippen LogP contribution in [-0.4, -0.2) is 18.2 Å². The number of hydrogen-bond acceptors (Lipinski definition) is 2. The molecule has 4 heteroatoms. The second kappa shape index (κ2) is 5.21. The van der Waals surface area contributed by atoms with Crippen LogP contribution in [-0.2, 0) is 4.79 Å². The van der Waals surface area contributed by atoms with Crippen LogP contribution in [0.4, 0.5) is 0 Å². The molecule has 1 unspecified atom stereocenters. The number of benzene rings is 1. The lowest BCUT2D eigenvalue weighted by Gasteiger charge is -2.15. The fraction of sp³-hybridized carbons (Fsp3) is 0.417. The highest BCUT2D eigenvalue weighted by molar-refractivity contribution is 6.31. The average Bonchev–Trinajstić information content (AvgIpc) is 2.20. The molecule has 0 aliphatic carbocycles. The second-order valence-electron chi connectivity index (χ2n) is 3.84. The van der Waals surface area contributed by atoms with Gasteiger partial charge in [0.15, 0.2) is 0 Å². The quantitative estimate of drug-likeness (QED) is 0.882. The monoisotopic (exact) mass is 242 g/mol. The molecule has 0 spiro atoms. The lowest BCUT2D eigenvalue weighted by molar-refractivity contribution is -0.137. The summed E-state index contributed by atoms with van der Waals surface area (Å²) in [5.74, 6) is -0.257. The van der Waals surface area contributed by atoms with Crippen LogP contribution in [0.5, 0.6) is 5.75 Å². The number of aliphatic carboxylic acids is 1. The first kappa shape index (κ1) is 12.8. The molecule has 0 heterocycles. The summed E-state index contributed by atoms with van der Waals surface area (Å²) in [4.78, 5) is 10.7. The molecular formula is C12H15ClO3. The molecule has 0 aliphatic rings. The largest absolute Gasteiger partial charge is 0.496 e. The van der Waals surface area contributed by atoms with E-state index >= 15 is 0 Å². The Labute approximate surface area is 100.0 Å². The van der Waals surface area contributed by atoms with E-state index < -0.39 is 5.97 Å². The summed E-state index contributed by atoms with van der Waals surface area (Å²) in [5, 5.41) is 9.39. The van der Waals surface area contributed by atoms with Gasteiger partial charge >= 0.3 is 5.97 Å². The molecule has 1 rings (SSSR count). The minimum Gasteiger partial charge on any atom is -0.496 e. The van der Waals surface area contributed by atoms with Crippen molar-refractivity contribution >= 4 is 17.6 Å². The van der Waals surface area contributed by atoms with Crippen LogP contribution in [0.15, 0.2) is 12.1 Å². The molecule has 0 fully saturated rings. The lowest BCUT2D eigenvalue weighted by atomic mass is 9.96. The van der Waals surface area contributed by atoms with Gasteiger partial charge in [-0.25, -0.2) is 0 Å². The third-order valence-electron chi connectivity index (χ3n) is 2.52. The molecule has 1 aromatic rings. The molecule has 0 saturated carbocycles. The van der Waals surface area contributed by atoms with Gasteiger partial charge in [0.05, 0.1) is 13.5 Å². The highest BCUT2D eigenvalue weighted by Gasteiger charge is 2.16. The van der Waals surface area contributed by atoms with Crippen LogP contribution in [0, 0.1) is 6.92 Å². The van der Waals surface area contributed by atoms with Crippen molar-refractivity contribution in [3.05, 3.63) is 28.3 Å². The van der Waals surface area contributed by atoms with Crippen molar-refractivity contribution in [3.63, 3.8) is 0 Å². The molecule has 0 aromatic heterocycles. The number of hydrogen-bond donors (Lipinski definition) is 1. The molecule has 16 heavy (non-hydrogen) atoms. The van der Waals surface area contributed by atoms with E-state index in [0.29, 0.717) is 10.8 Å². The molecule has 3 nitrogen and oxygen atoms in total. The zero-order chi connectivity index (χ0) is 12.3. The highest BCUT2D eigenvalue weighted by Crippen LogP contribution is 2.33. The number of rotatable bonds is 4. The highest BCUT2D eigenvalue weighted by atomic mass is 35.5. The van der Waals surface area contributed by atoms with Crippen LogP contribution in [0.3, 0.4) is 0 Å². The maximum absolute atomic E-state index is 10.7. The number of carbonyl (C=O) groups is 1. The van der Waals surface area contributed by atoms with Crippen molar-refractivity contribution in [1.29, 1.82) is 0 Å². The fourth-order valence-corrected chi connectivity index (χ4v) is 1.78. The predicted molar refractivity (Wildman–Crippen MR) is 63.4 cm³/mol. The SMILES string of the molecule is COc1cc(C)c(Cl)cc1C(C)CC(=O)O. The number of ether oxygens (including phenoxy) is 1. The Morgan fingerprint density at radius 1 is 1.56 bits per heavy atom. The maximum Gasteiger partial charge on any atom is 0.303 e. The Hall–Kier alpha value is -1.22. The van der Waals surface area contributed by atoms with Crippen molar-refractivity contribution in [2.24, 2.45) is 0 Å². The van der Waals surface area contributed by atoms with E-state index in [-0.39, 0.29) is 12.3 Å². The molecule has 1 atom stereocenters. The van der Waals surface area contributed by atoms with Crippen LogP contribution >= 0.6 is 11.6 Å². The molecule has 1 N–H and O–H groups in total. The van der Waals surface area contributed by atoms with Crippen molar-refractivity contribution in [1.82, 2.24) is 0 Å². The van der Waals surface area contributed by atoms with Crippen LogP contribution in [0.25, 0.3) is 0 Å². The van der Waals surface area contributed by atoms with Gasteiger partial charge in [-0.1, -0.05) is 18.5 Å². The summed E-state index contributed by atoms with van der Waals surface area (Å²) in [6, 6.07) is 3.61. The van der Waals surface area contributed by atoms with E-state index in [1.165, 1.54) is 0 Å². The normalized spacial score (nSPS) is 12.2. The Kier molecular flexibility index (Phi) is 4.19. The zero-order valence-electron chi connectivity index (χ0n) is 9.58. The first-order valence-corrected chi connectivity index (χ1v) is 5.39. The summed E-state index contributed by atoms with van der Waals surface area (Å²) in [7, 11) is 1.57. The third kappa shape index (κ3) is 2.89. The number of halogens is 1. The van der Waals surface area contributed by atoms with Crippen molar-refractivity contribution in [2.75, 3.05) is 7.11 Å². The lowest BCUT2D eigenvalue weighted by Crippen LogP contribution is -2.05. The Morgan fingerprint density at radius 2 is 2.19 bits per heavy atom. The summed E-state index contributed by atoms with van der Waals surface area (Å²) in [6.07, 6.45) is 0.0652. The molecule has 0 bridgehead atoms. The molecule has 0 amide bonds. The van der Waals surface area contributed by atoms with Crippen LogP contribution in [0.2, 0.25) is 5.02 Å². The van der Waals surface area contributed by atoms with Gasteiger partial charge < -0.3 is 9.84 Å². The third-order valence-corrected chi connectivity index (χ3v) is 2.93. The Morgan fingerprint density at radius 3 is 2.69 bits per heavy atom. The first-order valence-electron chi connectivity index (χ1n) is 5.01. The standard InChI is InChI=1S/C12H15ClO3/c1-7(5-12(14)15)9-6-10(13)8(2)4-11(9)16-3/h4,6-7H,5H2,1-3H3,(H,14,15). The van der Waals surface area contributed by atoms with Crippen molar-refractivity contribution < 1.29 is 14.6 Å². The predicted octanol–water partition coefficient (Wildman–Crippen LogP) is 3.24. The zero-order valence-corrected chi connectivity index (χ0v) is 10.3. The average molecular weight is 243 g/mol. The number of methoxy groups -OCH3 is 1. The van der Waals surface area contributed by atoms with Gasteiger partial charge in [0.1, 0.15) is 5.75 Å². The summed E-state index contributed by atoms with van der Waals surface area (Å²) >= 11 is 6.02. The molecule has 0 saturated heterocycles. The molecule has 88 valence electrons. The second-order valence-corrected chi connectivity index (χ2v) is 4.25. The summed E-state index contributed by atoms with van der Waals surface area (Å²) in [5.41, 5.74) is 1.75. The molecule has 0 radical (unpaired) electrons. The van der Waals surface area contributed by atoms with E-state index in [1.807, 2.05) is 19.9 Å². The molecular weight excluding hydrogens is 228 g/mol. The number of carboxylic acid groups (broad SMARTS) is 1. The van der Waals surface area contributed by atoms with Crippen LogP contribution in [0.1, 0.15) is 30.4 Å². The van der Waals surface area contributed by atoms with E-state index in [1.54, 1.807) is 13.2 Å². The molecule has 0 aliphatic heterocycles. The minimum absolute atomic E-state index is 0.0652. The van der Waals surface area contributed by atoms with Crippen molar-refractivity contribution in [3.8, 4) is 5.75 Å². The van der Waals surface area contributed by atoms with E-state index in [4.69, 9.17) is 21.4 Å². The van der Waals surface area contributed by atoms with E-state index in [2.05, 4.69) is 0 Å². The number of aryl methyl sites for hydroxylation is 1. The van der Waals surface area contributed by atoms with Gasteiger partial charge in [-0.3, -0.25) is 4.79 Å². The Balaban J connectivity index is 3.10. The fourth-order valence-electron chi connectivity index (χ4n) is 1.60. The van der Waals surface area contributed by atoms with E-state index in [0.717, 1.165) is 11.1 Å². The summed E-state index contributed by atoms with van der Waals surface area (Å²) < 4.78 is 5.23. The van der Waals surface area contributed by atoms with Gasteiger partial charge in [-0.15, -0.1) is 0 Å². The van der Waals surface area contributed by atoms with Crippen LogP contribution < -0.4 is 4.74 Å². The molecule has 1 aromatic carbocycles. The number of carboxylic acids is 1. The topological polar surface area (TPSA) is 46.5 Å². The summed E-state index contributed by atoms with van der Waals surface area (Å²) in [6.45, 7) is 3.73. The van der Waals surface area contributed by atoms with Gasteiger partial charge in [-0.05, 0) is 36.1 Å². The first-order chi connectivity index (χ1) is 7.45. The van der Waals surface area contributed by atoms with Gasteiger partial charge in [0, 0.05) is 5.02 Å². The van der Waals surface area contributed by atoms with Gasteiger partial charge in [0.25, 0.3) is 0 Å².